The highest BCUT2D eigenvalue weighted by atomic mass is 16.7. The minimum absolute atomic E-state index is 0.141. The summed E-state index contributed by atoms with van der Waals surface area (Å²) in [7, 11) is 0. The monoisotopic (exact) mass is 380 g/mol. The van der Waals surface area contributed by atoms with Gasteiger partial charge in [0.15, 0.2) is 11.5 Å². The van der Waals surface area contributed by atoms with E-state index in [1.807, 2.05) is 42.5 Å². The number of amides is 2. The standard InChI is InChI=1S/C22H24N2O4/c1-15(25)23-18(16-7-3-2-4-8-16)14-21(26)24-17-9-10-19-20(13-17)28-22(27-19)11-5-6-12-22/h2-4,7-10,13,18H,5-6,11-12,14H2,1H3,(H,23,25)(H,24,26)/t18-/m0/s1. The lowest BCUT2D eigenvalue weighted by molar-refractivity contribution is -0.120. The van der Waals surface area contributed by atoms with Crippen LogP contribution in [0.15, 0.2) is 48.5 Å². The number of rotatable bonds is 5. The van der Waals surface area contributed by atoms with Gasteiger partial charge in [-0.25, -0.2) is 0 Å². The Morgan fingerprint density at radius 3 is 2.46 bits per heavy atom. The summed E-state index contributed by atoms with van der Waals surface area (Å²) in [4.78, 5) is 24.1. The van der Waals surface area contributed by atoms with Gasteiger partial charge < -0.3 is 20.1 Å². The van der Waals surface area contributed by atoms with Gasteiger partial charge in [-0.2, -0.15) is 0 Å². The van der Waals surface area contributed by atoms with Crippen molar-refractivity contribution in [1.82, 2.24) is 5.32 Å². The fourth-order valence-electron chi connectivity index (χ4n) is 3.87. The molecule has 0 aromatic heterocycles. The van der Waals surface area contributed by atoms with E-state index in [0.29, 0.717) is 11.4 Å². The average Bonchev–Trinajstić information content (AvgIpc) is 3.27. The minimum Gasteiger partial charge on any atom is -0.448 e. The first-order chi connectivity index (χ1) is 13.5. The number of carbonyl (C=O) groups excluding carboxylic acids is 2. The maximum atomic E-state index is 12.6. The molecular formula is C22H24N2O4. The lowest BCUT2D eigenvalue weighted by Gasteiger charge is -2.21. The van der Waals surface area contributed by atoms with Gasteiger partial charge in [0.25, 0.3) is 5.79 Å². The number of hydrogen-bond acceptors (Lipinski definition) is 4. The number of hydrogen-bond donors (Lipinski definition) is 2. The highest BCUT2D eigenvalue weighted by Gasteiger charge is 2.44. The SMILES string of the molecule is CC(=O)N[C@@H](CC(=O)Nc1ccc2c(c1)OC1(CCCC1)O2)c1ccccc1. The number of ether oxygens (including phenoxy) is 2. The zero-order valence-electron chi connectivity index (χ0n) is 15.9. The number of nitrogens with one attached hydrogen (secondary N) is 2. The molecular weight excluding hydrogens is 356 g/mol. The van der Waals surface area contributed by atoms with Crippen LogP contribution >= 0.6 is 0 Å². The van der Waals surface area contributed by atoms with E-state index in [1.165, 1.54) is 6.92 Å². The Balaban J connectivity index is 1.43. The van der Waals surface area contributed by atoms with Gasteiger partial charge in [-0.3, -0.25) is 9.59 Å². The molecule has 0 radical (unpaired) electrons. The molecule has 6 heteroatoms. The average molecular weight is 380 g/mol. The van der Waals surface area contributed by atoms with Crippen molar-refractivity contribution in [3.63, 3.8) is 0 Å². The smallest absolute Gasteiger partial charge is 0.251 e. The minimum atomic E-state index is -0.519. The highest BCUT2D eigenvalue weighted by molar-refractivity contribution is 5.92. The molecule has 4 rings (SSSR count). The van der Waals surface area contributed by atoms with Crippen LogP contribution in [0, 0.1) is 0 Å². The van der Waals surface area contributed by atoms with Gasteiger partial charge in [0.1, 0.15) is 0 Å². The van der Waals surface area contributed by atoms with E-state index >= 15 is 0 Å². The molecule has 1 spiro atoms. The summed E-state index contributed by atoms with van der Waals surface area (Å²) >= 11 is 0. The molecule has 28 heavy (non-hydrogen) atoms. The van der Waals surface area contributed by atoms with Gasteiger partial charge in [-0.05, 0) is 30.5 Å². The molecule has 2 aliphatic rings. The number of carbonyl (C=O) groups is 2. The van der Waals surface area contributed by atoms with E-state index in [2.05, 4.69) is 10.6 Å². The molecule has 1 heterocycles. The Kier molecular flexibility index (Phi) is 4.94. The van der Waals surface area contributed by atoms with Crippen LogP contribution in [0.2, 0.25) is 0 Å². The molecule has 2 amide bonds. The summed E-state index contributed by atoms with van der Waals surface area (Å²) < 4.78 is 12.0. The molecule has 1 saturated carbocycles. The summed E-state index contributed by atoms with van der Waals surface area (Å²) in [6, 6.07) is 14.5. The Bertz CT molecular complexity index is 875. The number of benzene rings is 2. The van der Waals surface area contributed by atoms with Crippen molar-refractivity contribution in [2.45, 2.75) is 50.9 Å². The van der Waals surface area contributed by atoms with Gasteiger partial charge in [0.2, 0.25) is 11.8 Å². The van der Waals surface area contributed by atoms with Gasteiger partial charge in [-0.1, -0.05) is 30.3 Å². The van der Waals surface area contributed by atoms with Crippen LogP contribution < -0.4 is 20.1 Å². The molecule has 2 N–H and O–H groups in total. The van der Waals surface area contributed by atoms with Crippen LogP contribution in [-0.4, -0.2) is 17.6 Å². The topological polar surface area (TPSA) is 76.7 Å². The maximum absolute atomic E-state index is 12.6. The summed E-state index contributed by atoms with van der Waals surface area (Å²) in [5.74, 6) is 0.513. The van der Waals surface area contributed by atoms with Gasteiger partial charge in [-0.15, -0.1) is 0 Å². The summed E-state index contributed by atoms with van der Waals surface area (Å²) in [6.45, 7) is 1.45. The van der Waals surface area contributed by atoms with Crippen LogP contribution in [0.25, 0.3) is 0 Å². The third-order valence-electron chi connectivity index (χ3n) is 5.15. The van der Waals surface area contributed by atoms with Crippen molar-refractivity contribution in [2.24, 2.45) is 0 Å². The lowest BCUT2D eigenvalue weighted by atomic mass is 10.0. The largest absolute Gasteiger partial charge is 0.448 e. The third-order valence-corrected chi connectivity index (χ3v) is 5.15. The van der Waals surface area contributed by atoms with E-state index in [0.717, 1.165) is 37.0 Å². The van der Waals surface area contributed by atoms with Gasteiger partial charge >= 0.3 is 0 Å². The quantitative estimate of drug-likeness (QED) is 0.824. The molecule has 1 atom stereocenters. The number of fused-ring (bicyclic) bond motifs is 1. The van der Waals surface area contributed by atoms with E-state index in [-0.39, 0.29) is 24.3 Å². The van der Waals surface area contributed by atoms with Crippen LogP contribution in [0.4, 0.5) is 5.69 Å². The molecule has 2 aromatic carbocycles. The molecule has 146 valence electrons. The van der Waals surface area contributed by atoms with E-state index < -0.39 is 5.79 Å². The second-order valence-electron chi connectivity index (χ2n) is 7.40. The first-order valence-corrected chi connectivity index (χ1v) is 9.67. The van der Waals surface area contributed by atoms with Crippen molar-refractivity contribution in [1.29, 1.82) is 0 Å². The molecule has 1 aliphatic heterocycles. The Morgan fingerprint density at radius 2 is 1.75 bits per heavy atom. The Morgan fingerprint density at radius 1 is 1.04 bits per heavy atom. The lowest BCUT2D eigenvalue weighted by Crippen LogP contribution is -2.34. The van der Waals surface area contributed by atoms with E-state index in [1.54, 1.807) is 6.07 Å². The third kappa shape index (κ3) is 3.96. The highest BCUT2D eigenvalue weighted by Crippen LogP contribution is 2.47. The molecule has 6 nitrogen and oxygen atoms in total. The molecule has 2 aromatic rings. The van der Waals surface area contributed by atoms with Crippen LogP contribution in [0.5, 0.6) is 11.5 Å². The number of anilines is 1. The van der Waals surface area contributed by atoms with E-state index in [4.69, 9.17) is 9.47 Å². The second kappa shape index (κ2) is 7.54. The summed E-state index contributed by atoms with van der Waals surface area (Å²) in [5, 5.41) is 5.74. The van der Waals surface area contributed by atoms with Crippen molar-refractivity contribution in [3.8, 4) is 11.5 Å². The van der Waals surface area contributed by atoms with Crippen molar-refractivity contribution < 1.29 is 19.1 Å². The normalized spacial score (nSPS) is 17.3. The molecule has 1 fully saturated rings. The van der Waals surface area contributed by atoms with Crippen LogP contribution in [0.3, 0.4) is 0 Å². The fraction of sp³-hybridized carbons (Fsp3) is 0.364. The second-order valence-corrected chi connectivity index (χ2v) is 7.40. The van der Waals surface area contributed by atoms with Crippen molar-refractivity contribution in [3.05, 3.63) is 54.1 Å². The van der Waals surface area contributed by atoms with E-state index in [9.17, 15) is 9.59 Å². The molecule has 0 unspecified atom stereocenters. The van der Waals surface area contributed by atoms with Crippen LogP contribution in [-0.2, 0) is 9.59 Å². The summed E-state index contributed by atoms with van der Waals surface area (Å²) in [5.41, 5.74) is 1.54. The Hall–Kier alpha value is -3.02. The van der Waals surface area contributed by atoms with Crippen molar-refractivity contribution in [2.75, 3.05) is 5.32 Å². The fourth-order valence-corrected chi connectivity index (χ4v) is 3.87. The maximum Gasteiger partial charge on any atom is 0.251 e. The molecule has 0 saturated heterocycles. The zero-order chi connectivity index (χ0) is 19.6. The predicted octanol–water partition coefficient (Wildman–Crippen LogP) is 3.93. The first-order valence-electron chi connectivity index (χ1n) is 9.67. The first kappa shape index (κ1) is 18.3. The molecule has 0 bridgehead atoms. The summed E-state index contributed by atoms with van der Waals surface area (Å²) in [6.07, 6.45) is 4.11. The zero-order valence-corrected chi connectivity index (χ0v) is 15.9. The van der Waals surface area contributed by atoms with Crippen molar-refractivity contribution >= 4 is 17.5 Å². The van der Waals surface area contributed by atoms with Gasteiger partial charge in [0, 0.05) is 31.5 Å². The van der Waals surface area contributed by atoms with Gasteiger partial charge in [0.05, 0.1) is 12.5 Å². The Labute approximate surface area is 164 Å². The molecule has 1 aliphatic carbocycles. The van der Waals surface area contributed by atoms with Crippen LogP contribution in [0.1, 0.15) is 50.6 Å². The predicted molar refractivity (Wildman–Crippen MR) is 105 cm³/mol.